The number of hydrogen-bond acceptors (Lipinski definition) is 7. The number of hydrogen-bond donors (Lipinski definition) is 3. The summed E-state index contributed by atoms with van der Waals surface area (Å²) in [4.78, 5) is 53.8. The number of ketones is 1. The zero-order valence-corrected chi connectivity index (χ0v) is 20.2. The van der Waals surface area contributed by atoms with Crippen molar-refractivity contribution >= 4 is 23.6 Å². The zero-order valence-electron chi connectivity index (χ0n) is 20.2. The number of morpholine rings is 2. The average Bonchev–Trinajstić information content (AvgIpc) is 2.87. The molecule has 1 atom stereocenters. The molecular weight excluding hydrogens is 442 g/mol. The van der Waals surface area contributed by atoms with E-state index in [4.69, 9.17) is 9.47 Å². The average molecular weight is 482 g/mol. The second-order valence-electron chi connectivity index (χ2n) is 9.25. The number of unbranched alkanes of at least 4 members (excludes halogenated alkanes) is 1. The van der Waals surface area contributed by atoms with Crippen LogP contribution in [0, 0.1) is 0 Å². The predicted octanol–water partition coefficient (Wildman–Crippen LogP) is 0.339. The number of nitrogens with one attached hydrogen (secondary N) is 3. The molecule has 0 radical (unpaired) electrons. The van der Waals surface area contributed by atoms with Gasteiger partial charge in [-0.1, -0.05) is 39.0 Å². The minimum atomic E-state index is -1.08. The summed E-state index contributed by atoms with van der Waals surface area (Å²) in [5.41, 5.74) is 1.55. The van der Waals surface area contributed by atoms with Crippen LogP contribution in [0.25, 0.3) is 0 Å². The smallest absolute Gasteiger partial charge is 0.318 e. The van der Waals surface area contributed by atoms with Crippen molar-refractivity contribution in [3.8, 4) is 0 Å². The Kier molecular flexibility index (Phi) is 10.1. The number of hydrazine groups is 1. The van der Waals surface area contributed by atoms with Crippen molar-refractivity contribution in [3.05, 3.63) is 0 Å². The van der Waals surface area contributed by atoms with E-state index < -0.39 is 23.3 Å². The normalized spacial score (nSPS) is 21.9. The van der Waals surface area contributed by atoms with E-state index in [-0.39, 0.29) is 11.9 Å². The Bertz CT molecular complexity index is 715. The molecule has 2 aliphatic heterocycles. The highest BCUT2D eigenvalue weighted by Crippen LogP contribution is 2.29. The van der Waals surface area contributed by atoms with E-state index in [1.807, 2.05) is 6.92 Å². The van der Waals surface area contributed by atoms with Gasteiger partial charge in [-0.2, -0.15) is 0 Å². The summed E-state index contributed by atoms with van der Waals surface area (Å²) in [5, 5.41) is 7.48. The summed E-state index contributed by atoms with van der Waals surface area (Å²) in [6, 6.07) is -1.23. The maximum Gasteiger partial charge on any atom is 0.318 e. The monoisotopic (exact) mass is 481 g/mol. The van der Waals surface area contributed by atoms with Crippen LogP contribution in [0.1, 0.15) is 58.3 Å². The molecular formula is C23H39N5O6. The van der Waals surface area contributed by atoms with Gasteiger partial charge in [-0.25, -0.2) is 9.80 Å². The Morgan fingerprint density at radius 1 is 0.912 bits per heavy atom. The first-order valence-corrected chi connectivity index (χ1v) is 12.6. The fraction of sp³-hybridized carbons (Fsp3) is 0.826. The molecule has 0 unspecified atom stereocenters. The van der Waals surface area contributed by atoms with Crippen LogP contribution in [0.3, 0.4) is 0 Å². The molecule has 3 aliphatic rings. The van der Waals surface area contributed by atoms with Crippen LogP contribution in [0.5, 0.6) is 0 Å². The van der Waals surface area contributed by atoms with E-state index in [1.54, 1.807) is 9.91 Å². The largest absolute Gasteiger partial charge is 0.379 e. The van der Waals surface area contributed by atoms with Gasteiger partial charge in [0.1, 0.15) is 5.54 Å². The lowest BCUT2D eigenvalue weighted by atomic mass is 9.80. The van der Waals surface area contributed by atoms with Crippen molar-refractivity contribution < 1.29 is 28.7 Å². The van der Waals surface area contributed by atoms with Crippen molar-refractivity contribution in [2.75, 3.05) is 52.6 Å². The lowest BCUT2D eigenvalue weighted by Gasteiger charge is -2.39. The third kappa shape index (κ3) is 7.13. The number of Topliss-reactive ketones (excluding diaryl/α,β-unsaturated/α-hetero) is 1. The molecule has 0 aromatic carbocycles. The van der Waals surface area contributed by atoms with Crippen LogP contribution < -0.4 is 16.1 Å². The molecule has 2 heterocycles. The number of carbonyl (C=O) groups is 4. The van der Waals surface area contributed by atoms with E-state index >= 15 is 0 Å². The molecule has 0 aromatic rings. The molecule has 3 N–H and O–H groups in total. The Hall–Kier alpha value is -2.24. The molecule has 0 bridgehead atoms. The summed E-state index contributed by atoms with van der Waals surface area (Å²) < 4.78 is 10.6. The lowest BCUT2D eigenvalue weighted by Crippen LogP contribution is -2.65. The van der Waals surface area contributed by atoms with E-state index in [0.29, 0.717) is 78.3 Å². The molecule has 0 spiro atoms. The minimum Gasteiger partial charge on any atom is -0.379 e. The maximum atomic E-state index is 13.5. The fourth-order valence-corrected chi connectivity index (χ4v) is 4.62. The van der Waals surface area contributed by atoms with Gasteiger partial charge < -0.3 is 25.0 Å². The van der Waals surface area contributed by atoms with E-state index in [1.165, 1.54) is 0 Å². The van der Waals surface area contributed by atoms with Gasteiger partial charge in [0, 0.05) is 26.2 Å². The quantitative estimate of drug-likeness (QED) is 0.405. The molecule has 3 fully saturated rings. The SMILES string of the molecule is CCCC[C@H](NC(=O)C1(NC(=O)N2CCOCC2)CCCCC1)C(=O)C(=O)NN1CCOCC1. The van der Waals surface area contributed by atoms with Crippen LogP contribution in [-0.4, -0.2) is 97.7 Å². The van der Waals surface area contributed by atoms with Gasteiger partial charge in [-0.3, -0.25) is 19.8 Å². The number of carbonyl (C=O) groups excluding carboxylic acids is 4. The highest BCUT2D eigenvalue weighted by atomic mass is 16.5. The summed E-state index contributed by atoms with van der Waals surface area (Å²) in [6.45, 7) is 5.85. The van der Waals surface area contributed by atoms with Crippen molar-refractivity contribution in [1.82, 2.24) is 26.0 Å². The molecule has 2 saturated heterocycles. The van der Waals surface area contributed by atoms with Gasteiger partial charge in [0.05, 0.1) is 32.5 Å². The van der Waals surface area contributed by atoms with Gasteiger partial charge in [0.25, 0.3) is 0 Å². The van der Waals surface area contributed by atoms with Gasteiger partial charge in [-0.15, -0.1) is 0 Å². The Morgan fingerprint density at radius 3 is 2.15 bits per heavy atom. The molecule has 3 rings (SSSR count). The number of amides is 4. The molecule has 192 valence electrons. The van der Waals surface area contributed by atoms with Crippen molar-refractivity contribution in [3.63, 3.8) is 0 Å². The molecule has 1 aliphatic carbocycles. The summed E-state index contributed by atoms with van der Waals surface area (Å²) in [5.74, 6) is -1.79. The zero-order chi connectivity index (χ0) is 24.4. The number of ether oxygens (including phenoxy) is 2. The molecule has 34 heavy (non-hydrogen) atoms. The maximum absolute atomic E-state index is 13.5. The topological polar surface area (TPSA) is 129 Å². The first-order valence-electron chi connectivity index (χ1n) is 12.6. The van der Waals surface area contributed by atoms with Crippen LogP contribution >= 0.6 is 0 Å². The van der Waals surface area contributed by atoms with E-state index in [2.05, 4.69) is 16.1 Å². The van der Waals surface area contributed by atoms with E-state index in [0.717, 1.165) is 25.7 Å². The number of urea groups is 1. The summed E-state index contributed by atoms with van der Waals surface area (Å²) >= 11 is 0. The van der Waals surface area contributed by atoms with Crippen LogP contribution in [-0.2, 0) is 23.9 Å². The Balaban J connectivity index is 1.68. The summed E-state index contributed by atoms with van der Waals surface area (Å²) in [7, 11) is 0. The van der Waals surface area contributed by atoms with Gasteiger partial charge >= 0.3 is 11.9 Å². The molecule has 4 amide bonds. The van der Waals surface area contributed by atoms with Gasteiger partial charge in [0.2, 0.25) is 11.7 Å². The first kappa shape index (κ1) is 26.4. The Morgan fingerprint density at radius 2 is 1.53 bits per heavy atom. The molecule has 11 nitrogen and oxygen atoms in total. The van der Waals surface area contributed by atoms with Crippen molar-refractivity contribution in [2.45, 2.75) is 69.9 Å². The summed E-state index contributed by atoms with van der Waals surface area (Å²) in [6.07, 6.45) is 5.49. The Labute approximate surface area is 201 Å². The van der Waals surface area contributed by atoms with Gasteiger partial charge in [0.15, 0.2) is 0 Å². The predicted molar refractivity (Wildman–Crippen MR) is 124 cm³/mol. The molecule has 11 heteroatoms. The number of rotatable bonds is 9. The third-order valence-corrected chi connectivity index (χ3v) is 6.75. The second-order valence-corrected chi connectivity index (χ2v) is 9.25. The highest BCUT2D eigenvalue weighted by molar-refractivity contribution is 6.38. The second kappa shape index (κ2) is 13.0. The lowest BCUT2D eigenvalue weighted by molar-refractivity contribution is -0.144. The molecule has 1 saturated carbocycles. The highest BCUT2D eigenvalue weighted by Gasteiger charge is 2.43. The van der Waals surface area contributed by atoms with E-state index in [9.17, 15) is 19.2 Å². The standard InChI is InChI=1S/C23H39N5O6/c1-2-3-7-18(19(29)20(30)26-28-12-16-34-17-13-28)24-21(31)23(8-5-4-6-9-23)25-22(32)27-10-14-33-15-11-27/h18H,2-17H2,1H3,(H,24,31)(H,25,32)(H,26,30)/t18-/m0/s1. The third-order valence-electron chi connectivity index (χ3n) is 6.75. The van der Waals surface area contributed by atoms with Crippen LogP contribution in [0.15, 0.2) is 0 Å². The minimum absolute atomic E-state index is 0.290. The fourth-order valence-electron chi connectivity index (χ4n) is 4.62. The first-order chi connectivity index (χ1) is 16.4. The van der Waals surface area contributed by atoms with Crippen LogP contribution in [0.2, 0.25) is 0 Å². The van der Waals surface area contributed by atoms with Crippen molar-refractivity contribution in [2.24, 2.45) is 0 Å². The van der Waals surface area contributed by atoms with Gasteiger partial charge in [-0.05, 0) is 19.3 Å². The van der Waals surface area contributed by atoms with Crippen molar-refractivity contribution in [1.29, 1.82) is 0 Å². The van der Waals surface area contributed by atoms with Crippen LogP contribution in [0.4, 0.5) is 4.79 Å². The number of nitrogens with zero attached hydrogens (tertiary/aromatic N) is 2. The molecule has 0 aromatic heterocycles.